The number of nitrogens with zero attached hydrogens (tertiary/aromatic N) is 4. The van der Waals surface area contributed by atoms with Crippen LogP contribution < -0.4 is 5.56 Å². The normalized spacial score (nSPS) is 16.4. The van der Waals surface area contributed by atoms with Crippen LogP contribution in [0.2, 0.25) is 0 Å². The van der Waals surface area contributed by atoms with Crippen LogP contribution in [0.1, 0.15) is 23.8 Å². The lowest BCUT2D eigenvalue weighted by molar-refractivity contribution is -0.118. The first-order valence-electron chi connectivity index (χ1n) is 9.85. The number of halogens is 1. The fraction of sp³-hybridized carbons (Fsp3) is 0.286. The lowest BCUT2D eigenvalue weighted by Gasteiger charge is -2.17. The first-order chi connectivity index (χ1) is 14.9. The molecule has 158 valence electrons. The second kappa shape index (κ2) is 7.69. The Labute approximate surface area is 188 Å². The number of carbonyl (C=O) groups is 1. The van der Waals surface area contributed by atoms with Gasteiger partial charge in [-0.3, -0.25) is 14.2 Å². The summed E-state index contributed by atoms with van der Waals surface area (Å²) in [7, 11) is 0. The summed E-state index contributed by atoms with van der Waals surface area (Å²) in [5.74, 6) is -0.180. The minimum Gasteiger partial charge on any atom is -0.493 e. The van der Waals surface area contributed by atoms with Gasteiger partial charge in [-0.05, 0) is 48.9 Å². The molecule has 0 aliphatic heterocycles. The monoisotopic (exact) mass is 499 g/mol. The van der Waals surface area contributed by atoms with E-state index in [0.717, 1.165) is 34.1 Å². The molecule has 0 saturated carbocycles. The zero-order valence-electron chi connectivity index (χ0n) is 16.6. The predicted molar refractivity (Wildman–Crippen MR) is 122 cm³/mol. The quantitative estimate of drug-likeness (QED) is 0.392. The van der Waals surface area contributed by atoms with Gasteiger partial charge in [0.2, 0.25) is 5.88 Å². The fourth-order valence-electron chi connectivity index (χ4n) is 4.00. The molecule has 1 aliphatic rings. The summed E-state index contributed by atoms with van der Waals surface area (Å²) in [5.41, 5.74) is 1.70. The van der Waals surface area contributed by atoms with Crippen molar-refractivity contribution in [3.8, 4) is 5.88 Å². The first-order valence-corrected chi connectivity index (χ1v) is 11.5. The fourth-order valence-corrected chi connectivity index (χ4v) is 5.70. The van der Waals surface area contributed by atoms with Gasteiger partial charge in [0, 0.05) is 14.7 Å². The molecule has 1 atom stereocenters. The van der Waals surface area contributed by atoms with E-state index in [1.165, 1.54) is 15.8 Å². The van der Waals surface area contributed by atoms with Crippen LogP contribution in [0.4, 0.5) is 5.69 Å². The number of benzene rings is 1. The van der Waals surface area contributed by atoms with E-state index in [1.807, 2.05) is 6.07 Å². The van der Waals surface area contributed by atoms with E-state index in [9.17, 15) is 14.7 Å². The number of hydrogen-bond acceptors (Lipinski definition) is 6. The van der Waals surface area contributed by atoms with E-state index in [0.29, 0.717) is 22.2 Å². The van der Waals surface area contributed by atoms with Crippen LogP contribution in [0.15, 0.2) is 44.0 Å². The first kappa shape index (κ1) is 20.1. The largest absolute Gasteiger partial charge is 0.493 e. The Morgan fingerprint density at radius 1 is 1.45 bits per heavy atom. The molecule has 1 aromatic carbocycles. The number of carbonyl (C=O) groups excluding carboxylic acids is 1. The topological polar surface area (TPSA) is 113 Å². The van der Waals surface area contributed by atoms with Crippen molar-refractivity contribution in [1.82, 2.24) is 14.5 Å². The number of aromatic amines is 1. The van der Waals surface area contributed by atoms with E-state index in [4.69, 9.17) is 0 Å². The number of thiophene rings is 1. The van der Waals surface area contributed by atoms with Crippen molar-refractivity contribution in [3.05, 3.63) is 49.8 Å². The Morgan fingerprint density at radius 3 is 3.13 bits per heavy atom. The van der Waals surface area contributed by atoms with Crippen molar-refractivity contribution in [1.29, 1.82) is 0 Å². The van der Waals surface area contributed by atoms with Gasteiger partial charge in [0.1, 0.15) is 11.4 Å². The molecule has 4 aromatic rings. The maximum atomic E-state index is 13.0. The minimum absolute atomic E-state index is 0.173. The van der Waals surface area contributed by atoms with Crippen LogP contribution in [0.25, 0.3) is 21.1 Å². The molecule has 3 heterocycles. The summed E-state index contributed by atoms with van der Waals surface area (Å²) in [5, 5.41) is 19.0. The Kier molecular flexibility index (Phi) is 4.98. The molecule has 0 radical (unpaired) electrons. The molecule has 0 fully saturated rings. The second-order valence-electron chi connectivity index (χ2n) is 7.82. The Bertz CT molecular complexity index is 1430. The number of amides is 1. The number of fused-ring (bicyclic) bond motifs is 4. The molecule has 1 amide bonds. The van der Waals surface area contributed by atoms with Crippen molar-refractivity contribution in [2.45, 2.75) is 32.7 Å². The second-order valence-corrected chi connectivity index (χ2v) is 9.81. The van der Waals surface area contributed by atoms with E-state index in [1.54, 1.807) is 23.5 Å². The Hall–Kier alpha value is -2.85. The van der Waals surface area contributed by atoms with Gasteiger partial charge in [0.05, 0.1) is 17.2 Å². The summed E-state index contributed by atoms with van der Waals surface area (Å²) in [6, 6.07) is 5.37. The Balaban J connectivity index is 1.43. The van der Waals surface area contributed by atoms with Crippen molar-refractivity contribution in [3.63, 3.8) is 0 Å². The molecule has 0 saturated heterocycles. The number of aromatic hydroxyl groups is 1. The molecule has 3 aromatic heterocycles. The standard InChI is InChI=1S/C21H18BrN5O3S/c1-10-2-4-12-15(6-10)31-20-17(12)21(30)27(9-23-20)8-16(28)25-26-18-13-7-11(22)3-5-14(13)24-19(18)29/h3,5,7,9-10,24,29H,2,4,6,8H2,1H3/t10-/m0/s1. The van der Waals surface area contributed by atoms with Crippen molar-refractivity contribution in [2.75, 3.05) is 0 Å². The highest BCUT2D eigenvalue weighted by molar-refractivity contribution is 9.10. The number of nitrogens with one attached hydrogen (secondary N) is 1. The van der Waals surface area contributed by atoms with Crippen LogP contribution in [0.3, 0.4) is 0 Å². The molecule has 31 heavy (non-hydrogen) atoms. The van der Waals surface area contributed by atoms with Gasteiger partial charge in [-0.15, -0.1) is 21.6 Å². The van der Waals surface area contributed by atoms with Crippen molar-refractivity contribution < 1.29 is 9.90 Å². The summed E-state index contributed by atoms with van der Waals surface area (Å²) in [6.07, 6.45) is 4.27. The van der Waals surface area contributed by atoms with Crippen LogP contribution in [-0.2, 0) is 24.2 Å². The summed E-state index contributed by atoms with van der Waals surface area (Å²) in [4.78, 5) is 34.6. The van der Waals surface area contributed by atoms with Crippen molar-refractivity contribution >= 4 is 60.0 Å². The van der Waals surface area contributed by atoms with Gasteiger partial charge >= 0.3 is 0 Å². The molecule has 5 rings (SSSR count). The van der Waals surface area contributed by atoms with Gasteiger partial charge in [-0.25, -0.2) is 4.98 Å². The lowest BCUT2D eigenvalue weighted by atomic mass is 9.89. The van der Waals surface area contributed by atoms with E-state index < -0.39 is 5.91 Å². The van der Waals surface area contributed by atoms with Crippen molar-refractivity contribution in [2.24, 2.45) is 16.1 Å². The van der Waals surface area contributed by atoms with E-state index in [-0.39, 0.29) is 23.7 Å². The van der Waals surface area contributed by atoms with Gasteiger partial charge in [-0.1, -0.05) is 22.9 Å². The molecule has 8 nitrogen and oxygen atoms in total. The molecule has 0 spiro atoms. The van der Waals surface area contributed by atoms with Crippen LogP contribution in [0.5, 0.6) is 5.88 Å². The van der Waals surface area contributed by atoms with Gasteiger partial charge in [0.25, 0.3) is 11.5 Å². The number of azo groups is 1. The Morgan fingerprint density at radius 2 is 2.29 bits per heavy atom. The molecule has 10 heteroatoms. The number of H-pyrrole nitrogens is 1. The third-order valence-corrected chi connectivity index (χ3v) is 7.22. The molecule has 1 aliphatic carbocycles. The average molecular weight is 500 g/mol. The average Bonchev–Trinajstić information content (AvgIpc) is 3.25. The maximum Gasteiger partial charge on any atom is 0.284 e. The molecule has 2 N–H and O–H groups in total. The van der Waals surface area contributed by atoms with Crippen LogP contribution in [-0.4, -0.2) is 25.5 Å². The van der Waals surface area contributed by atoms with E-state index >= 15 is 0 Å². The minimum atomic E-state index is -0.607. The third kappa shape index (κ3) is 3.59. The number of rotatable bonds is 3. The zero-order valence-corrected chi connectivity index (χ0v) is 19.0. The smallest absolute Gasteiger partial charge is 0.284 e. The molecular weight excluding hydrogens is 482 g/mol. The lowest BCUT2D eigenvalue weighted by Crippen LogP contribution is -2.24. The highest BCUT2D eigenvalue weighted by Gasteiger charge is 2.23. The van der Waals surface area contributed by atoms with Crippen LogP contribution in [0, 0.1) is 5.92 Å². The predicted octanol–water partition coefficient (Wildman–Crippen LogP) is 4.84. The van der Waals surface area contributed by atoms with Crippen LogP contribution >= 0.6 is 27.3 Å². The third-order valence-electron chi connectivity index (χ3n) is 5.56. The zero-order chi connectivity index (χ0) is 21.7. The maximum absolute atomic E-state index is 13.0. The molecular formula is C21H18BrN5O3S. The summed E-state index contributed by atoms with van der Waals surface area (Å²) >= 11 is 4.95. The van der Waals surface area contributed by atoms with Gasteiger partial charge in [0.15, 0.2) is 5.69 Å². The summed E-state index contributed by atoms with van der Waals surface area (Å²) in [6.45, 7) is 1.95. The number of aryl methyl sites for hydroxylation is 1. The van der Waals surface area contributed by atoms with Gasteiger partial charge in [-0.2, -0.15) is 0 Å². The SMILES string of the molecule is C[C@H]1CCc2c(sc3ncn(CC(=O)N=Nc4c(O)[nH]c5ccc(Br)cc45)c(=O)c23)C1. The molecule has 0 unspecified atom stereocenters. The van der Waals surface area contributed by atoms with Gasteiger partial charge < -0.3 is 10.1 Å². The van der Waals surface area contributed by atoms with E-state index in [2.05, 4.69) is 43.1 Å². The molecule has 0 bridgehead atoms. The highest BCUT2D eigenvalue weighted by atomic mass is 79.9. The highest BCUT2D eigenvalue weighted by Crippen LogP contribution is 2.37. The summed E-state index contributed by atoms with van der Waals surface area (Å²) < 4.78 is 2.08. The number of aromatic nitrogens is 3. The number of hydrogen-bond donors (Lipinski definition) is 2.